The van der Waals surface area contributed by atoms with E-state index in [0.29, 0.717) is 6.67 Å². The van der Waals surface area contributed by atoms with E-state index in [1.807, 2.05) is 11.9 Å². The van der Waals surface area contributed by atoms with Gasteiger partial charge in [-0.05, 0) is 7.05 Å². The maximum absolute atomic E-state index is 11.4. The Morgan fingerprint density at radius 2 is 2.42 bits per heavy atom. The molecule has 2 heterocycles. The van der Waals surface area contributed by atoms with Crippen LogP contribution in [0.1, 0.15) is 0 Å². The molecule has 68 valence electrons. The fourth-order valence-electron chi connectivity index (χ4n) is 1.68. The summed E-state index contributed by atoms with van der Waals surface area (Å²) in [6.07, 6.45) is -0.448. The number of rotatable bonds is 0. The van der Waals surface area contributed by atoms with Crippen LogP contribution in [0.4, 0.5) is 0 Å². The van der Waals surface area contributed by atoms with Crippen molar-refractivity contribution in [3.63, 3.8) is 0 Å². The third-order valence-corrected chi connectivity index (χ3v) is 2.28. The van der Waals surface area contributed by atoms with Crippen molar-refractivity contribution in [3.8, 4) is 0 Å². The van der Waals surface area contributed by atoms with Gasteiger partial charge in [-0.15, -0.1) is 0 Å². The van der Waals surface area contributed by atoms with Gasteiger partial charge in [0.1, 0.15) is 12.3 Å². The molecule has 0 aromatic heterocycles. The fourth-order valence-corrected chi connectivity index (χ4v) is 1.68. The van der Waals surface area contributed by atoms with E-state index in [1.54, 1.807) is 0 Å². The van der Waals surface area contributed by atoms with Gasteiger partial charge in [-0.1, -0.05) is 0 Å². The molecule has 0 aromatic rings. The largest absolute Gasteiger partial charge is 0.327 e. The molecule has 2 rings (SSSR count). The standard InChI is InChI=1S/C6H13N5O/c1-11-2-8-4-3(11)5(12)10-6(7)9-4/h3-4,6,8-9H,2,7H2,1H3,(H,10,12). The fraction of sp³-hybridized carbons (Fsp3) is 0.833. The van der Waals surface area contributed by atoms with Gasteiger partial charge in [0.25, 0.3) is 0 Å². The molecule has 0 radical (unpaired) electrons. The predicted molar refractivity (Wildman–Crippen MR) is 42.6 cm³/mol. The number of nitrogens with two attached hydrogens (primary N) is 1. The van der Waals surface area contributed by atoms with Gasteiger partial charge in [0.2, 0.25) is 5.91 Å². The van der Waals surface area contributed by atoms with Crippen LogP contribution in [0.25, 0.3) is 0 Å². The van der Waals surface area contributed by atoms with Crippen LogP contribution in [-0.4, -0.2) is 43.0 Å². The Morgan fingerprint density at radius 1 is 1.67 bits per heavy atom. The van der Waals surface area contributed by atoms with E-state index >= 15 is 0 Å². The molecule has 1 amide bonds. The first-order valence-corrected chi connectivity index (χ1v) is 3.94. The highest BCUT2D eigenvalue weighted by Gasteiger charge is 2.41. The Kier molecular flexibility index (Phi) is 1.76. The van der Waals surface area contributed by atoms with Gasteiger partial charge >= 0.3 is 0 Å². The van der Waals surface area contributed by atoms with Crippen molar-refractivity contribution in [2.24, 2.45) is 5.73 Å². The van der Waals surface area contributed by atoms with Crippen LogP contribution in [-0.2, 0) is 4.79 Å². The monoisotopic (exact) mass is 171 g/mol. The Balaban J connectivity index is 2.14. The SMILES string of the molecule is CN1CNC2NC(N)NC(=O)C21. The zero-order chi connectivity index (χ0) is 8.72. The van der Waals surface area contributed by atoms with Gasteiger partial charge in [-0.25, -0.2) is 0 Å². The molecule has 2 fully saturated rings. The number of carbonyl (C=O) groups is 1. The summed E-state index contributed by atoms with van der Waals surface area (Å²) in [5, 5.41) is 8.80. The molecule has 3 atom stereocenters. The van der Waals surface area contributed by atoms with E-state index in [0.717, 1.165) is 0 Å². The van der Waals surface area contributed by atoms with Gasteiger partial charge < -0.3 is 5.32 Å². The number of likely N-dealkylation sites (N-methyl/N-ethyl adjacent to an activating group) is 1. The molecule has 2 saturated heterocycles. The Morgan fingerprint density at radius 3 is 3.17 bits per heavy atom. The number of hydrogen-bond acceptors (Lipinski definition) is 5. The summed E-state index contributed by atoms with van der Waals surface area (Å²) >= 11 is 0. The summed E-state index contributed by atoms with van der Waals surface area (Å²) in [5.74, 6) is -0.0150. The molecular formula is C6H13N5O. The third-order valence-electron chi connectivity index (χ3n) is 2.28. The number of amides is 1. The average molecular weight is 171 g/mol. The number of hydrogen-bond donors (Lipinski definition) is 4. The van der Waals surface area contributed by atoms with Gasteiger partial charge in [0, 0.05) is 6.67 Å². The molecule has 0 aromatic carbocycles. The van der Waals surface area contributed by atoms with Crippen molar-refractivity contribution >= 4 is 5.91 Å². The van der Waals surface area contributed by atoms with Crippen LogP contribution in [0, 0.1) is 0 Å². The number of fused-ring (bicyclic) bond motifs is 1. The minimum Gasteiger partial charge on any atom is -0.327 e. The summed E-state index contributed by atoms with van der Waals surface area (Å²) in [5.41, 5.74) is 5.52. The third kappa shape index (κ3) is 1.09. The molecule has 6 nitrogen and oxygen atoms in total. The molecular weight excluding hydrogens is 158 g/mol. The second kappa shape index (κ2) is 2.67. The molecule has 6 heteroatoms. The Labute approximate surface area is 70.5 Å². The number of nitrogens with zero attached hydrogens (tertiary/aromatic N) is 1. The van der Waals surface area contributed by atoms with Crippen LogP contribution in [0.3, 0.4) is 0 Å². The normalized spacial score (nSPS) is 42.5. The number of nitrogens with one attached hydrogen (secondary N) is 3. The molecule has 3 unspecified atom stereocenters. The second-order valence-electron chi connectivity index (χ2n) is 3.19. The lowest BCUT2D eigenvalue weighted by molar-refractivity contribution is -0.128. The van der Waals surface area contributed by atoms with Crippen molar-refractivity contribution in [2.75, 3.05) is 13.7 Å². The topological polar surface area (TPSA) is 82.4 Å². The predicted octanol–water partition coefficient (Wildman–Crippen LogP) is -2.86. The van der Waals surface area contributed by atoms with Crippen molar-refractivity contribution in [2.45, 2.75) is 18.5 Å². The first kappa shape index (κ1) is 7.93. The highest BCUT2D eigenvalue weighted by Crippen LogP contribution is 2.10. The van der Waals surface area contributed by atoms with Crippen LogP contribution in [0.2, 0.25) is 0 Å². The van der Waals surface area contributed by atoms with Crippen LogP contribution < -0.4 is 21.7 Å². The molecule has 2 aliphatic heterocycles. The number of carbonyl (C=O) groups excluding carboxylic acids is 1. The highest BCUT2D eigenvalue weighted by molar-refractivity contribution is 5.83. The van der Waals surface area contributed by atoms with Gasteiger partial charge in [-0.3, -0.25) is 26.1 Å². The molecule has 0 spiro atoms. The lowest BCUT2D eigenvalue weighted by Crippen LogP contribution is -2.69. The minimum atomic E-state index is -0.433. The van der Waals surface area contributed by atoms with Gasteiger partial charge in [0.15, 0.2) is 0 Å². The first-order valence-electron chi connectivity index (χ1n) is 3.94. The lowest BCUT2D eigenvalue weighted by Gasteiger charge is -2.32. The molecule has 0 aliphatic carbocycles. The van der Waals surface area contributed by atoms with Crippen molar-refractivity contribution < 1.29 is 4.79 Å². The average Bonchev–Trinajstić information content (AvgIpc) is 2.31. The molecule has 2 aliphatic rings. The quantitative estimate of drug-likeness (QED) is 0.315. The molecule has 5 N–H and O–H groups in total. The lowest BCUT2D eigenvalue weighted by atomic mass is 10.2. The van der Waals surface area contributed by atoms with Crippen molar-refractivity contribution in [1.29, 1.82) is 0 Å². The summed E-state index contributed by atoms with van der Waals surface area (Å²) in [7, 11) is 1.90. The first-order chi connectivity index (χ1) is 5.68. The van der Waals surface area contributed by atoms with E-state index in [9.17, 15) is 4.79 Å². The van der Waals surface area contributed by atoms with Crippen LogP contribution in [0.5, 0.6) is 0 Å². The van der Waals surface area contributed by atoms with Crippen molar-refractivity contribution in [1.82, 2.24) is 20.9 Å². The maximum atomic E-state index is 11.4. The zero-order valence-electron chi connectivity index (χ0n) is 6.87. The summed E-state index contributed by atoms with van der Waals surface area (Å²) in [6.45, 7) is 0.711. The Bertz CT molecular complexity index is 208. The highest BCUT2D eigenvalue weighted by atomic mass is 16.2. The Hall–Kier alpha value is -0.690. The van der Waals surface area contributed by atoms with E-state index < -0.39 is 6.29 Å². The van der Waals surface area contributed by atoms with Crippen LogP contribution in [0.15, 0.2) is 0 Å². The maximum Gasteiger partial charge on any atom is 0.242 e. The summed E-state index contributed by atoms with van der Waals surface area (Å²) in [6, 6.07) is -0.134. The van der Waals surface area contributed by atoms with E-state index in [1.165, 1.54) is 0 Å². The van der Waals surface area contributed by atoms with Crippen LogP contribution >= 0.6 is 0 Å². The molecule has 0 saturated carbocycles. The van der Waals surface area contributed by atoms with E-state index in [-0.39, 0.29) is 18.1 Å². The van der Waals surface area contributed by atoms with E-state index in [4.69, 9.17) is 5.73 Å². The molecule has 0 bridgehead atoms. The van der Waals surface area contributed by atoms with Gasteiger partial charge in [-0.2, -0.15) is 0 Å². The van der Waals surface area contributed by atoms with E-state index in [2.05, 4.69) is 16.0 Å². The van der Waals surface area contributed by atoms with Crippen molar-refractivity contribution in [3.05, 3.63) is 0 Å². The second-order valence-corrected chi connectivity index (χ2v) is 3.19. The van der Waals surface area contributed by atoms with Gasteiger partial charge in [0.05, 0.1) is 6.17 Å². The smallest absolute Gasteiger partial charge is 0.242 e. The minimum absolute atomic E-state index is 0.0150. The summed E-state index contributed by atoms with van der Waals surface area (Å²) < 4.78 is 0. The summed E-state index contributed by atoms with van der Waals surface area (Å²) in [4.78, 5) is 13.3. The zero-order valence-corrected chi connectivity index (χ0v) is 6.87. The molecule has 12 heavy (non-hydrogen) atoms.